The molecule has 1 aromatic heterocycles. The van der Waals surface area contributed by atoms with Gasteiger partial charge >= 0.3 is 6.18 Å². The van der Waals surface area contributed by atoms with Crippen molar-refractivity contribution in [2.24, 2.45) is 0 Å². The van der Waals surface area contributed by atoms with Crippen LogP contribution in [0.5, 0.6) is 0 Å². The highest BCUT2D eigenvalue weighted by Crippen LogP contribution is 2.34. The molecule has 154 valence electrons. The summed E-state index contributed by atoms with van der Waals surface area (Å²) >= 11 is 1.20. The Morgan fingerprint density at radius 1 is 1.18 bits per heavy atom. The van der Waals surface area contributed by atoms with Crippen LogP contribution >= 0.6 is 36.2 Å². The van der Waals surface area contributed by atoms with Gasteiger partial charge in [0.25, 0.3) is 5.91 Å². The molecule has 1 N–H and O–H groups in total. The molecule has 0 aliphatic carbocycles. The lowest BCUT2D eigenvalue weighted by Crippen LogP contribution is -2.42. The minimum atomic E-state index is -4.40. The first kappa shape index (κ1) is 22.9. The highest BCUT2D eigenvalue weighted by Gasteiger charge is 2.39. The van der Waals surface area contributed by atoms with Crippen molar-refractivity contribution in [3.8, 4) is 10.6 Å². The Hall–Kier alpha value is -1.35. The van der Waals surface area contributed by atoms with Crippen LogP contribution in [0.2, 0.25) is 0 Å². The number of nitrogens with zero attached hydrogens (tertiary/aromatic N) is 2. The molecular formula is C18H20Cl2F3N3OS. The Kier molecular flexibility index (Phi) is 7.36. The zero-order valence-corrected chi connectivity index (χ0v) is 17.2. The molecule has 28 heavy (non-hydrogen) atoms. The first-order valence-corrected chi connectivity index (χ1v) is 9.48. The van der Waals surface area contributed by atoms with E-state index in [0.29, 0.717) is 16.3 Å². The van der Waals surface area contributed by atoms with Gasteiger partial charge < -0.3 is 10.2 Å². The molecule has 1 aromatic carbocycles. The molecule has 2 atom stereocenters. The molecule has 2 saturated heterocycles. The second kappa shape index (κ2) is 8.98. The molecule has 10 heteroatoms. The Morgan fingerprint density at radius 2 is 1.93 bits per heavy atom. The number of nitrogens with one attached hydrogen (secondary N) is 1. The van der Waals surface area contributed by atoms with E-state index in [0.717, 1.165) is 44.5 Å². The van der Waals surface area contributed by atoms with Gasteiger partial charge in [-0.25, -0.2) is 4.98 Å². The molecule has 2 aromatic rings. The van der Waals surface area contributed by atoms with E-state index in [9.17, 15) is 18.0 Å². The summed E-state index contributed by atoms with van der Waals surface area (Å²) in [5, 5.41) is 5.43. The molecule has 0 spiro atoms. The lowest BCUT2D eigenvalue weighted by molar-refractivity contribution is -0.137. The van der Waals surface area contributed by atoms with Crippen molar-refractivity contribution in [3.63, 3.8) is 0 Å². The average molecular weight is 454 g/mol. The minimum absolute atomic E-state index is 0. The van der Waals surface area contributed by atoms with Crippen molar-refractivity contribution >= 4 is 42.1 Å². The number of fused-ring (bicyclic) bond motifs is 2. The number of rotatable bonds is 2. The van der Waals surface area contributed by atoms with Crippen molar-refractivity contribution in [1.29, 1.82) is 0 Å². The molecule has 4 rings (SSSR count). The third kappa shape index (κ3) is 4.45. The highest BCUT2D eigenvalue weighted by atomic mass is 35.5. The third-order valence-electron chi connectivity index (χ3n) is 5.05. The number of thiazole rings is 1. The number of aromatic nitrogens is 1. The van der Waals surface area contributed by atoms with Gasteiger partial charge in [0.15, 0.2) is 0 Å². The van der Waals surface area contributed by atoms with E-state index < -0.39 is 11.7 Å². The molecular weight excluding hydrogens is 434 g/mol. The first-order valence-electron chi connectivity index (χ1n) is 8.60. The molecule has 3 heterocycles. The number of alkyl halides is 3. The zero-order chi connectivity index (χ0) is 18.3. The Morgan fingerprint density at radius 3 is 2.68 bits per heavy atom. The zero-order valence-electron chi connectivity index (χ0n) is 14.7. The summed E-state index contributed by atoms with van der Waals surface area (Å²) in [7, 11) is 0. The van der Waals surface area contributed by atoms with Crippen molar-refractivity contribution in [2.45, 2.75) is 37.5 Å². The van der Waals surface area contributed by atoms with Gasteiger partial charge in [-0.1, -0.05) is 12.1 Å². The van der Waals surface area contributed by atoms with Gasteiger partial charge in [-0.15, -0.1) is 36.2 Å². The van der Waals surface area contributed by atoms with Crippen molar-refractivity contribution < 1.29 is 18.0 Å². The van der Waals surface area contributed by atoms with Crippen molar-refractivity contribution in [3.05, 3.63) is 40.9 Å². The Bertz CT molecular complexity index is 816. The van der Waals surface area contributed by atoms with Gasteiger partial charge in [0.2, 0.25) is 0 Å². The smallest absolute Gasteiger partial charge is 0.330 e. The number of hydrogen-bond acceptors (Lipinski definition) is 4. The largest absolute Gasteiger partial charge is 0.416 e. The van der Waals surface area contributed by atoms with Crippen LogP contribution in [0, 0.1) is 0 Å². The SMILES string of the molecule is Cl.Cl.O=C(c1csc(-c2cccc(C(F)(F)F)c2)n1)N1C2CCNCC1CC2. The Labute approximate surface area is 177 Å². The van der Waals surface area contributed by atoms with E-state index in [2.05, 4.69) is 10.3 Å². The monoisotopic (exact) mass is 453 g/mol. The molecule has 4 nitrogen and oxygen atoms in total. The fourth-order valence-corrected chi connectivity index (χ4v) is 4.57. The van der Waals surface area contributed by atoms with Crippen LogP contribution in [0.1, 0.15) is 35.3 Å². The highest BCUT2D eigenvalue weighted by molar-refractivity contribution is 7.13. The minimum Gasteiger partial charge on any atom is -0.330 e. The fourth-order valence-electron chi connectivity index (χ4n) is 3.78. The third-order valence-corrected chi connectivity index (χ3v) is 5.94. The van der Waals surface area contributed by atoms with E-state index in [1.54, 1.807) is 11.4 Å². The standard InChI is InChI=1S/C18H18F3N3OS.2ClH/c19-18(20,21)12-3-1-2-11(8-12)16-23-15(10-26-16)17(25)24-13-4-5-14(24)9-22-7-6-13;;/h1-3,8,10,13-14,22H,4-7,9H2;2*1H. The molecule has 0 radical (unpaired) electrons. The van der Waals surface area contributed by atoms with Crippen LogP contribution < -0.4 is 5.32 Å². The van der Waals surface area contributed by atoms with Crippen molar-refractivity contribution in [1.82, 2.24) is 15.2 Å². The van der Waals surface area contributed by atoms with Crippen LogP contribution in [0.4, 0.5) is 13.2 Å². The maximum absolute atomic E-state index is 12.9. The topological polar surface area (TPSA) is 45.2 Å². The van der Waals surface area contributed by atoms with Crippen LogP contribution in [0.3, 0.4) is 0 Å². The van der Waals surface area contributed by atoms with E-state index >= 15 is 0 Å². The molecule has 2 unspecified atom stereocenters. The van der Waals surface area contributed by atoms with Crippen LogP contribution in [0.15, 0.2) is 29.6 Å². The average Bonchev–Trinajstić information content (AvgIpc) is 3.18. The summed E-state index contributed by atoms with van der Waals surface area (Å²) in [5.74, 6) is -0.115. The summed E-state index contributed by atoms with van der Waals surface area (Å²) in [6.07, 6.45) is -1.49. The van der Waals surface area contributed by atoms with E-state index in [4.69, 9.17) is 0 Å². The predicted molar refractivity (Wildman–Crippen MR) is 108 cm³/mol. The van der Waals surface area contributed by atoms with Crippen LogP contribution in [-0.4, -0.2) is 41.0 Å². The van der Waals surface area contributed by atoms with Gasteiger partial charge in [0.05, 0.1) is 5.56 Å². The molecule has 2 fully saturated rings. The summed E-state index contributed by atoms with van der Waals surface area (Å²) in [6.45, 7) is 1.68. The lowest BCUT2D eigenvalue weighted by atomic mass is 10.1. The second-order valence-electron chi connectivity index (χ2n) is 6.71. The maximum atomic E-state index is 12.9. The molecule has 1 amide bonds. The lowest BCUT2D eigenvalue weighted by Gasteiger charge is -2.27. The summed E-state index contributed by atoms with van der Waals surface area (Å²) in [5.41, 5.74) is -0.0136. The number of carbonyl (C=O) groups is 1. The number of carbonyl (C=O) groups excluding carboxylic acids is 1. The molecule has 2 aliphatic heterocycles. The van der Waals surface area contributed by atoms with Crippen molar-refractivity contribution in [2.75, 3.05) is 13.1 Å². The molecule has 2 aliphatic rings. The first-order chi connectivity index (χ1) is 12.4. The summed E-state index contributed by atoms with van der Waals surface area (Å²) in [4.78, 5) is 19.2. The quantitative estimate of drug-likeness (QED) is 0.720. The van der Waals surface area contributed by atoms with Gasteiger partial charge in [0.1, 0.15) is 10.7 Å². The van der Waals surface area contributed by atoms with Gasteiger partial charge in [-0.3, -0.25) is 4.79 Å². The summed E-state index contributed by atoms with van der Waals surface area (Å²) in [6, 6.07) is 5.45. The maximum Gasteiger partial charge on any atom is 0.416 e. The fraction of sp³-hybridized carbons (Fsp3) is 0.444. The number of amides is 1. The molecule has 2 bridgehead atoms. The number of hydrogen-bond donors (Lipinski definition) is 1. The number of benzene rings is 1. The number of halogens is 5. The van der Waals surface area contributed by atoms with E-state index in [1.165, 1.54) is 17.4 Å². The van der Waals surface area contributed by atoms with Crippen LogP contribution in [0.25, 0.3) is 10.6 Å². The molecule has 0 saturated carbocycles. The summed E-state index contributed by atoms with van der Waals surface area (Å²) < 4.78 is 38.7. The van der Waals surface area contributed by atoms with Gasteiger partial charge in [0, 0.05) is 29.6 Å². The predicted octanol–water partition coefficient (Wildman–Crippen LogP) is 4.64. The van der Waals surface area contributed by atoms with Crippen LogP contribution in [-0.2, 0) is 6.18 Å². The van der Waals surface area contributed by atoms with Gasteiger partial charge in [-0.2, -0.15) is 13.2 Å². The second-order valence-corrected chi connectivity index (χ2v) is 7.56. The Balaban J connectivity index is 0.00000140. The van der Waals surface area contributed by atoms with E-state index in [1.807, 2.05) is 4.90 Å². The van der Waals surface area contributed by atoms with E-state index in [-0.39, 0.29) is 42.8 Å². The van der Waals surface area contributed by atoms with Gasteiger partial charge in [-0.05, 0) is 37.9 Å². The normalized spacial score (nSPS) is 21.5.